The van der Waals surface area contributed by atoms with E-state index in [1.165, 1.54) is 18.4 Å². The second-order valence-corrected chi connectivity index (χ2v) is 7.93. The number of amides is 1. The number of carbonyl (C=O) groups excluding carboxylic acids is 1. The number of carbonyl (C=O) groups is 1. The number of phenols is 1. The topological polar surface area (TPSA) is 70.4 Å². The van der Waals surface area contributed by atoms with Crippen molar-refractivity contribution >= 4 is 11.7 Å². The molecule has 1 saturated carbocycles. The number of anilines is 1. The minimum absolute atomic E-state index is 0.0304. The van der Waals surface area contributed by atoms with E-state index in [1.807, 2.05) is 22.9 Å². The summed E-state index contributed by atoms with van der Waals surface area (Å²) in [6, 6.07) is 9.74. The van der Waals surface area contributed by atoms with E-state index >= 15 is 0 Å². The third-order valence-electron chi connectivity index (χ3n) is 5.95. The Bertz CT molecular complexity index is 774. The smallest absolute Gasteiger partial charge is 0.239 e. The van der Waals surface area contributed by atoms with Gasteiger partial charge in [0.05, 0.1) is 18.8 Å². The summed E-state index contributed by atoms with van der Waals surface area (Å²) in [7, 11) is 0. The maximum atomic E-state index is 12.5. The maximum absolute atomic E-state index is 12.5. The highest BCUT2D eigenvalue weighted by Crippen LogP contribution is 2.40. The molecule has 144 valence electrons. The minimum Gasteiger partial charge on any atom is -0.508 e. The molecule has 2 N–H and O–H groups in total. The van der Waals surface area contributed by atoms with Crippen LogP contribution < -0.4 is 5.32 Å². The van der Waals surface area contributed by atoms with Crippen LogP contribution in [0.5, 0.6) is 5.75 Å². The van der Waals surface area contributed by atoms with Gasteiger partial charge in [0.1, 0.15) is 11.6 Å². The summed E-state index contributed by atoms with van der Waals surface area (Å²) in [5.41, 5.74) is 1.27. The normalized spacial score (nSPS) is 19.7. The molecule has 6 heteroatoms. The number of aromatic hydroxyl groups is 1. The van der Waals surface area contributed by atoms with Crippen LogP contribution in [0.1, 0.15) is 50.1 Å². The fourth-order valence-electron chi connectivity index (χ4n) is 4.07. The average molecular weight is 368 g/mol. The summed E-state index contributed by atoms with van der Waals surface area (Å²) in [5, 5.41) is 16.9. The van der Waals surface area contributed by atoms with Crippen molar-refractivity contribution in [2.24, 2.45) is 5.92 Å². The molecule has 1 aliphatic heterocycles. The number of benzene rings is 1. The first kappa shape index (κ1) is 18.0. The van der Waals surface area contributed by atoms with Crippen LogP contribution >= 0.6 is 0 Å². The molecule has 1 atom stereocenters. The van der Waals surface area contributed by atoms with Crippen molar-refractivity contribution in [1.82, 2.24) is 14.7 Å². The highest BCUT2D eigenvalue weighted by molar-refractivity contribution is 5.91. The van der Waals surface area contributed by atoms with Crippen molar-refractivity contribution in [1.29, 1.82) is 0 Å². The highest BCUT2D eigenvalue weighted by Gasteiger charge is 2.31. The van der Waals surface area contributed by atoms with E-state index in [-0.39, 0.29) is 5.91 Å². The first-order valence-corrected chi connectivity index (χ1v) is 9.95. The fourth-order valence-corrected chi connectivity index (χ4v) is 4.07. The first-order valence-electron chi connectivity index (χ1n) is 9.95. The maximum Gasteiger partial charge on any atom is 0.239 e. The van der Waals surface area contributed by atoms with Crippen LogP contribution in [0.25, 0.3) is 0 Å². The second kappa shape index (κ2) is 7.72. The van der Waals surface area contributed by atoms with Gasteiger partial charge < -0.3 is 10.4 Å². The highest BCUT2D eigenvalue weighted by atomic mass is 16.3. The largest absolute Gasteiger partial charge is 0.508 e. The number of rotatable bonds is 6. The molecule has 2 fully saturated rings. The van der Waals surface area contributed by atoms with E-state index in [9.17, 15) is 9.90 Å². The molecule has 0 bridgehead atoms. The van der Waals surface area contributed by atoms with Crippen LogP contribution in [0.3, 0.4) is 0 Å². The third-order valence-corrected chi connectivity index (χ3v) is 5.95. The third kappa shape index (κ3) is 4.33. The Hall–Kier alpha value is -2.34. The van der Waals surface area contributed by atoms with Crippen molar-refractivity contribution in [2.45, 2.75) is 44.6 Å². The number of nitrogens with one attached hydrogen (secondary N) is 1. The molecule has 2 heterocycles. The summed E-state index contributed by atoms with van der Waals surface area (Å²) >= 11 is 0. The van der Waals surface area contributed by atoms with Gasteiger partial charge in [-0.2, -0.15) is 5.10 Å². The van der Waals surface area contributed by atoms with E-state index in [4.69, 9.17) is 0 Å². The van der Waals surface area contributed by atoms with Gasteiger partial charge in [-0.25, -0.2) is 4.68 Å². The number of likely N-dealkylation sites (tertiary alicyclic amines) is 1. The number of hydrogen-bond donors (Lipinski definition) is 2. The Morgan fingerprint density at radius 3 is 2.56 bits per heavy atom. The molecule has 4 rings (SSSR count). The molecule has 1 saturated heterocycles. The van der Waals surface area contributed by atoms with Gasteiger partial charge in [0.25, 0.3) is 0 Å². The Labute approximate surface area is 160 Å². The van der Waals surface area contributed by atoms with Crippen molar-refractivity contribution in [3.8, 4) is 5.75 Å². The Balaban J connectivity index is 1.27. The fraction of sp³-hybridized carbons (Fsp3) is 0.524. The van der Waals surface area contributed by atoms with Gasteiger partial charge in [-0.05, 0) is 75.2 Å². The monoisotopic (exact) mass is 368 g/mol. The Morgan fingerprint density at radius 1 is 1.19 bits per heavy atom. The molecule has 0 radical (unpaired) electrons. The average Bonchev–Trinajstić information content (AvgIpc) is 3.42. The number of nitrogens with zero attached hydrogens (tertiary/aromatic N) is 3. The summed E-state index contributed by atoms with van der Waals surface area (Å²) in [6.07, 6.45) is 6.34. The number of phenolic OH excluding ortho intramolecular Hbond substituents is 1. The van der Waals surface area contributed by atoms with Crippen LogP contribution in [0, 0.1) is 5.92 Å². The SMILES string of the molecule is CC(C1CC1)n1nccc1NC(=O)CN1CCC(c2ccc(O)cc2)CC1. The summed E-state index contributed by atoms with van der Waals surface area (Å²) in [6.45, 7) is 4.42. The predicted molar refractivity (Wildman–Crippen MR) is 105 cm³/mol. The van der Waals surface area contributed by atoms with Crippen molar-refractivity contribution in [2.75, 3.05) is 25.0 Å². The standard InChI is InChI=1S/C21H28N4O2/c1-15(16-2-3-16)25-20(8-11-22-25)23-21(27)14-24-12-9-18(10-13-24)17-4-6-19(26)7-5-17/h4-8,11,15-16,18,26H,2-3,9-10,12-14H2,1H3,(H,23,27). The van der Waals surface area contributed by atoms with E-state index in [0.29, 0.717) is 30.2 Å². The lowest BCUT2D eigenvalue weighted by molar-refractivity contribution is -0.117. The van der Waals surface area contributed by atoms with Crippen LogP contribution in [-0.2, 0) is 4.79 Å². The van der Waals surface area contributed by atoms with E-state index in [1.54, 1.807) is 18.3 Å². The van der Waals surface area contributed by atoms with Gasteiger partial charge in [0.2, 0.25) is 5.91 Å². The Kier molecular flexibility index (Phi) is 5.16. The van der Waals surface area contributed by atoms with Gasteiger partial charge in [-0.1, -0.05) is 12.1 Å². The number of hydrogen-bond acceptors (Lipinski definition) is 4. The zero-order valence-electron chi connectivity index (χ0n) is 15.8. The Morgan fingerprint density at radius 2 is 1.89 bits per heavy atom. The lowest BCUT2D eigenvalue weighted by Gasteiger charge is -2.31. The van der Waals surface area contributed by atoms with Gasteiger partial charge in [0, 0.05) is 6.07 Å². The lowest BCUT2D eigenvalue weighted by Crippen LogP contribution is -2.39. The number of aromatic nitrogens is 2. The van der Waals surface area contributed by atoms with Crippen LogP contribution in [-0.4, -0.2) is 45.3 Å². The summed E-state index contributed by atoms with van der Waals surface area (Å²) < 4.78 is 1.95. The molecule has 1 amide bonds. The predicted octanol–water partition coefficient (Wildman–Crippen LogP) is 3.38. The molecule has 1 unspecified atom stereocenters. The molecule has 1 aromatic carbocycles. The van der Waals surface area contributed by atoms with Gasteiger partial charge in [-0.15, -0.1) is 0 Å². The van der Waals surface area contributed by atoms with Gasteiger partial charge >= 0.3 is 0 Å². The minimum atomic E-state index is 0.0304. The molecule has 6 nitrogen and oxygen atoms in total. The van der Waals surface area contributed by atoms with Crippen molar-refractivity contribution in [3.63, 3.8) is 0 Å². The molecular weight excluding hydrogens is 340 g/mol. The first-order chi connectivity index (χ1) is 13.1. The van der Waals surface area contributed by atoms with Gasteiger partial charge in [0.15, 0.2) is 0 Å². The van der Waals surface area contributed by atoms with Crippen LogP contribution in [0.4, 0.5) is 5.82 Å². The van der Waals surface area contributed by atoms with Crippen molar-refractivity contribution in [3.05, 3.63) is 42.1 Å². The summed E-state index contributed by atoms with van der Waals surface area (Å²) in [5.74, 6) is 2.34. The number of piperidine rings is 1. The van der Waals surface area contributed by atoms with Crippen LogP contribution in [0.15, 0.2) is 36.5 Å². The molecule has 27 heavy (non-hydrogen) atoms. The van der Waals surface area contributed by atoms with Gasteiger partial charge in [-0.3, -0.25) is 9.69 Å². The molecule has 1 aromatic heterocycles. The zero-order chi connectivity index (χ0) is 18.8. The van der Waals surface area contributed by atoms with Crippen LogP contribution in [0.2, 0.25) is 0 Å². The second-order valence-electron chi connectivity index (χ2n) is 7.93. The summed E-state index contributed by atoms with van der Waals surface area (Å²) in [4.78, 5) is 14.7. The molecule has 0 spiro atoms. The van der Waals surface area contributed by atoms with E-state index < -0.39 is 0 Å². The molecule has 2 aliphatic rings. The molecule has 2 aromatic rings. The quantitative estimate of drug-likeness (QED) is 0.820. The molecule has 1 aliphatic carbocycles. The molecular formula is C21H28N4O2. The lowest BCUT2D eigenvalue weighted by atomic mass is 9.89. The zero-order valence-corrected chi connectivity index (χ0v) is 15.8. The van der Waals surface area contributed by atoms with E-state index in [0.717, 1.165) is 31.7 Å². The van der Waals surface area contributed by atoms with Crippen molar-refractivity contribution < 1.29 is 9.90 Å². The van der Waals surface area contributed by atoms with E-state index in [2.05, 4.69) is 22.2 Å².